The van der Waals surface area contributed by atoms with E-state index < -0.39 is 23.5 Å². The quantitative estimate of drug-likeness (QED) is 0.296. The number of amides is 1. The summed E-state index contributed by atoms with van der Waals surface area (Å²) in [5, 5.41) is 11.2. The molecule has 0 aliphatic carbocycles. The minimum Gasteiger partial charge on any atom is -0.507 e. The molecule has 1 heterocycles. The number of carbonyl (C=O) groups is 2. The van der Waals surface area contributed by atoms with Crippen molar-refractivity contribution in [3.8, 4) is 11.5 Å². The number of ketones is 1. The summed E-state index contributed by atoms with van der Waals surface area (Å²) >= 11 is 0. The largest absolute Gasteiger partial charge is 0.507 e. The molecule has 1 aliphatic rings. The highest BCUT2D eigenvalue weighted by Gasteiger charge is 2.47. The molecule has 3 aromatic carbocycles. The molecule has 0 bridgehead atoms. The second-order valence-corrected chi connectivity index (χ2v) is 7.80. The van der Waals surface area contributed by atoms with Crippen molar-refractivity contribution in [3.05, 3.63) is 95.3 Å². The Morgan fingerprint density at radius 3 is 2.41 bits per heavy atom. The molecule has 4 rings (SSSR count). The molecule has 34 heavy (non-hydrogen) atoms. The summed E-state index contributed by atoms with van der Waals surface area (Å²) in [7, 11) is 1.50. The van der Waals surface area contributed by atoms with Crippen molar-refractivity contribution in [3.63, 3.8) is 0 Å². The summed E-state index contributed by atoms with van der Waals surface area (Å²) in [6.45, 7) is 2.55. The molecule has 3 aromatic rings. The Bertz CT molecular complexity index is 1250. The first-order chi connectivity index (χ1) is 16.4. The van der Waals surface area contributed by atoms with Crippen LogP contribution in [0.2, 0.25) is 0 Å². The van der Waals surface area contributed by atoms with Gasteiger partial charge in [-0.2, -0.15) is 0 Å². The number of hydrogen-bond donors (Lipinski definition) is 1. The van der Waals surface area contributed by atoms with Crippen LogP contribution in [0.4, 0.5) is 10.1 Å². The highest BCUT2D eigenvalue weighted by molar-refractivity contribution is 6.51. The lowest BCUT2D eigenvalue weighted by atomic mass is 9.95. The number of anilines is 1. The zero-order chi connectivity index (χ0) is 24.2. The van der Waals surface area contributed by atoms with Gasteiger partial charge in [0.25, 0.3) is 11.7 Å². The molecule has 1 fully saturated rings. The Labute approximate surface area is 196 Å². The van der Waals surface area contributed by atoms with Crippen LogP contribution >= 0.6 is 0 Å². The van der Waals surface area contributed by atoms with Crippen LogP contribution in [-0.4, -0.2) is 30.5 Å². The third-order valence-corrected chi connectivity index (χ3v) is 5.54. The Morgan fingerprint density at radius 2 is 1.74 bits per heavy atom. The van der Waals surface area contributed by atoms with E-state index in [1.165, 1.54) is 30.2 Å². The SMILES string of the molecule is CCCOc1ccc(/C(O)=C2\C(=O)C(=O)N(c3cccc(F)c3)C2c2cccc(OC)c2)cc1. The molecule has 1 aliphatic heterocycles. The lowest BCUT2D eigenvalue weighted by Gasteiger charge is -2.25. The van der Waals surface area contributed by atoms with Gasteiger partial charge in [0, 0.05) is 11.3 Å². The Hall–Kier alpha value is -4.13. The number of methoxy groups -OCH3 is 1. The maximum absolute atomic E-state index is 14.0. The standard InChI is InChI=1S/C27H24FNO5/c1-3-14-34-21-12-10-17(11-13-21)25(30)23-24(18-6-4-9-22(15-18)33-2)29(27(32)26(23)31)20-8-5-7-19(28)16-20/h4-13,15-16,24,30H,3,14H2,1-2H3/b25-23+. The summed E-state index contributed by atoms with van der Waals surface area (Å²) in [5.41, 5.74) is 1.00. The number of aliphatic hydroxyl groups is 1. The molecule has 1 unspecified atom stereocenters. The zero-order valence-electron chi connectivity index (χ0n) is 18.8. The molecule has 1 saturated heterocycles. The highest BCUT2D eigenvalue weighted by Crippen LogP contribution is 2.43. The second-order valence-electron chi connectivity index (χ2n) is 7.80. The molecule has 0 spiro atoms. The van der Waals surface area contributed by atoms with E-state index in [-0.39, 0.29) is 17.0 Å². The first kappa shape index (κ1) is 23.0. The van der Waals surface area contributed by atoms with Crippen LogP contribution < -0.4 is 14.4 Å². The van der Waals surface area contributed by atoms with Crippen molar-refractivity contribution in [2.75, 3.05) is 18.6 Å². The number of hydrogen-bond acceptors (Lipinski definition) is 5. The fourth-order valence-electron chi connectivity index (χ4n) is 3.94. The van der Waals surface area contributed by atoms with Crippen LogP contribution in [0.15, 0.2) is 78.4 Å². The minimum atomic E-state index is -0.979. The number of nitrogens with zero attached hydrogens (tertiary/aromatic N) is 1. The maximum Gasteiger partial charge on any atom is 0.300 e. The monoisotopic (exact) mass is 461 g/mol. The molecule has 174 valence electrons. The van der Waals surface area contributed by atoms with Gasteiger partial charge in [-0.3, -0.25) is 14.5 Å². The lowest BCUT2D eigenvalue weighted by Crippen LogP contribution is -2.29. The van der Waals surface area contributed by atoms with Gasteiger partial charge in [0.05, 0.1) is 25.3 Å². The minimum absolute atomic E-state index is 0.0928. The van der Waals surface area contributed by atoms with Gasteiger partial charge in [-0.1, -0.05) is 25.1 Å². The molecule has 0 saturated carbocycles. The molecule has 1 N–H and O–H groups in total. The highest BCUT2D eigenvalue weighted by atomic mass is 19.1. The number of benzene rings is 3. The number of halogens is 1. The van der Waals surface area contributed by atoms with Gasteiger partial charge in [0.2, 0.25) is 0 Å². The average molecular weight is 461 g/mol. The fraction of sp³-hybridized carbons (Fsp3) is 0.185. The van der Waals surface area contributed by atoms with E-state index in [2.05, 4.69) is 0 Å². The molecular weight excluding hydrogens is 437 g/mol. The average Bonchev–Trinajstić information content (AvgIpc) is 3.13. The van der Waals surface area contributed by atoms with Crippen molar-refractivity contribution in [2.24, 2.45) is 0 Å². The van der Waals surface area contributed by atoms with E-state index in [1.54, 1.807) is 54.6 Å². The summed E-state index contributed by atoms with van der Waals surface area (Å²) in [5.74, 6) is -1.45. The van der Waals surface area contributed by atoms with E-state index in [1.807, 2.05) is 6.92 Å². The maximum atomic E-state index is 14.0. The van der Waals surface area contributed by atoms with Crippen LogP contribution in [0.25, 0.3) is 5.76 Å². The zero-order valence-corrected chi connectivity index (χ0v) is 18.8. The first-order valence-electron chi connectivity index (χ1n) is 10.9. The number of carbonyl (C=O) groups excluding carboxylic acids is 2. The number of Topliss-reactive ketones (excluding diaryl/α,β-unsaturated/α-hetero) is 1. The number of ether oxygens (including phenoxy) is 2. The number of rotatable bonds is 7. The van der Waals surface area contributed by atoms with Crippen molar-refractivity contribution < 1.29 is 28.6 Å². The van der Waals surface area contributed by atoms with Gasteiger partial charge in [0.15, 0.2) is 0 Å². The second kappa shape index (κ2) is 9.79. The summed E-state index contributed by atoms with van der Waals surface area (Å²) in [6, 6.07) is 17.9. The Balaban J connectivity index is 1.87. The predicted molar refractivity (Wildman–Crippen MR) is 126 cm³/mol. The van der Waals surface area contributed by atoms with E-state index >= 15 is 0 Å². The molecular formula is C27H24FNO5. The summed E-state index contributed by atoms with van der Waals surface area (Å²) in [6.07, 6.45) is 0.853. The van der Waals surface area contributed by atoms with Crippen LogP contribution in [0, 0.1) is 5.82 Å². The van der Waals surface area contributed by atoms with Gasteiger partial charge in [-0.25, -0.2) is 4.39 Å². The van der Waals surface area contributed by atoms with Crippen LogP contribution in [0.1, 0.15) is 30.5 Å². The molecule has 1 atom stereocenters. The van der Waals surface area contributed by atoms with Crippen LogP contribution in [-0.2, 0) is 9.59 Å². The summed E-state index contributed by atoms with van der Waals surface area (Å²) in [4.78, 5) is 27.5. The lowest BCUT2D eigenvalue weighted by molar-refractivity contribution is -0.132. The van der Waals surface area contributed by atoms with Gasteiger partial charge in [-0.05, 0) is 66.6 Å². The summed E-state index contributed by atoms with van der Waals surface area (Å²) < 4.78 is 24.9. The third kappa shape index (κ3) is 4.37. The van der Waals surface area contributed by atoms with E-state index in [0.29, 0.717) is 29.2 Å². The van der Waals surface area contributed by atoms with Crippen LogP contribution in [0.5, 0.6) is 11.5 Å². The molecule has 6 nitrogen and oxygen atoms in total. The van der Waals surface area contributed by atoms with Crippen molar-refractivity contribution in [1.82, 2.24) is 0 Å². The van der Waals surface area contributed by atoms with Crippen molar-refractivity contribution in [2.45, 2.75) is 19.4 Å². The molecule has 0 radical (unpaired) electrons. The normalized spacial score (nSPS) is 17.1. The predicted octanol–water partition coefficient (Wildman–Crippen LogP) is 5.25. The number of aliphatic hydroxyl groups excluding tert-OH is 1. The van der Waals surface area contributed by atoms with Gasteiger partial charge >= 0.3 is 0 Å². The Kier molecular flexibility index (Phi) is 6.63. The molecule has 1 amide bonds. The van der Waals surface area contributed by atoms with E-state index in [9.17, 15) is 19.1 Å². The van der Waals surface area contributed by atoms with Gasteiger partial charge < -0.3 is 14.6 Å². The first-order valence-corrected chi connectivity index (χ1v) is 10.9. The smallest absolute Gasteiger partial charge is 0.300 e. The van der Waals surface area contributed by atoms with E-state index in [0.717, 1.165) is 6.42 Å². The van der Waals surface area contributed by atoms with Crippen molar-refractivity contribution >= 4 is 23.1 Å². The van der Waals surface area contributed by atoms with Crippen LogP contribution in [0.3, 0.4) is 0 Å². The Morgan fingerprint density at radius 1 is 1.00 bits per heavy atom. The molecule has 0 aromatic heterocycles. The fourth-order valence-corrected chi connectivity index (χ4v) is 3.94. The van der Waals surface area contributed by atoms with Crippen molar-refractivity contribution in [1.29, 1.82) is 0 Å². The topological polar surface area (TPSA) is 76.1 Å². The van der Waals surface area contributed by atoms with Gasteiger partial charge in [0.1, 0.15) is 23.1 Å². The van der Waals surface area contributed by atoms with E-state index in [4.69, 9.17) is 9.47 Å². The van der Waals surface area contributed by atoms with Gasteiger partial charge in [-0.15, -0.1) is 0 Å². The molecule has 7 heteroatoms. The third-order valence-electron chi connectivity index (χ3n) is 5.54.